The number of hydrogen-bond acceptors (Lipinski definition) is 2. The summed E-state index contributed by atoms with van der Waals surface area (Å²) in [4.78, 5) is 13.2. The largest absolute Gasteiger partial charge is 0.480 e. The minimum absolute atomic E-state index is 0.108. The highest BCUT2D eigenvalue weighted by atomic mass is 16.5. The first kappa shape index (κ1) is 20.7. The molecule has 1 N–H and O–H groups in total. The molecule has 0 aliphatic heterocycles. The molecule has 0 aliphatic rings. The Labute approximate surface area is 173 Å². The van der Waals surface area contributed by atoms with Crippen molar-refractivity contribution in [1.29, 1.82) is 0 Å². The Morgan fingerprint density at radius 2 is 1.52 bits per heavy atom. The second kappa shape index (κ2) is 9.42. The highest BCUT2D eigenvalue weighted by Crippen LogP contribution is 2.25. The summed E-state index contributed by atoms with van der Waals surface area (Å²) < 4.78 is 6.12. The van der Waals surface area contributed by atoms with Crippen LogP contribution < -0.4 is 10.1 Å². The Kier molecular flexibility index (Phi) is 6.71. The van der Waals surface area contributed by atoms with Crippen molar-refractivity contribution in [3.05, 3.63) is 101 Å². The number of aryl methyl sites for hydroxylation is 2. The first-order valence-electron chi connectivity index (χ1n) is 10.1. The third-order valence-corrected chi connectivity index (χ3v) is 5.32. The molecule has 29 heavy (non-hydrogen) atoms. The fraction of sp³-hybridized carbons (Fsp3) is 0.269. The zero-order valence-corrected chi connectivity index (χ0v) is 17.6. The molecule has 0 bridgehead atoms. The number of carbonyl (C=O) groups excluding carboxylic acids is 1. The summed E-state index contributed by atoms with van der Waals surface area (Å²) in [5.41, 5.74) is 5.51. The van der Waals surface area contributed by atoms with Gasteiger partial charge in [-0.15, -0.1) is 0 Å². The van der Waals surface area contributed by atoms with Crippen LogP contribution >= 0.6 is 0 Å². The lowest BCUT2D eigenvalue weighted by Crippen LogP contribution is -2.40. The first-order valence-corrected chi connectivity index (χ1v) is 10.1. The van der Waals surface area contributed by atoms with Gasteiger partial charge in [0.25, 0.3) is 5.91 Å². The third-order valence-electron chi connectivity index (χ3n) is 5.32. The molecule has 3 heteroatoms. The molecule has 1 amide bonds. The second-order valence-electron chi connectivity index (χ2n) is 7.48. The number of benzene rings is 3. The van der Waals surface area contributed by atoms with E-state index in [1.807, 2.05) is 69.3 Å². The van der Waals surface area contributed by atoms with Gasteiger partial charge in [0.2, 0.25) is 0 Å². The van der Waals surface area contributed by atoms with Gasteiger partial charge in [-0.3, -0.25) is 4.79 Å². The maximum absolute atomic E-state index is 13.2. The molecule has 3 aromatic rings. The van der Waals surface area contributed by atoms with Crippen molar-refractivity contribution in [2.45, 2.75) is 46.3 Å². The van der Waals surface area contributed by atoms with Crippen LogP contribution in [-0.2, 0) is 4.79 Å². The minimum atomic E-state index is -0.549. The van der Waals surface area contributed by atoms with Crippen molar-refractivity contribution < 1.29 is 9.53 Å². The number of nitrogens with one attached hydrogen (secondary N) is 1. The van der Waals surface area contributed by atoms with Crippen LogP contribution in [0.25, 0.3) is 0 Å². The van der Waals surface area contributed by atoms with Gasteiger partial charge in [0, 0.05) is 0 Å². The number of rotatable bonds is 7. The molecule has 3 aromatic carbocycles. The van der Waals surface area contributed by atoms with Crippen molar-refractivity contribution in [2.24, 2.45) is 0 Å². The second-order valence-corrected chi connectivity index (χ2v) is 7.48. The summed E-state index contributed by atoms with van der Waals surface area (Å²) in [6.45, 7) is 8.10. The van der Waals surface area contributed by atoms with Gasteiger partial charge in [-0.1, -0.05) is 79.2 Å². The van der Waals surface area contributed by atoms with E-state index < -0.39 is 6.10 Å². The number of ether oxygens (including phenoxy) is 1. The van der Waals surface area contributed by atoms with Gasteiger partial charge in [0.1, 0.15) is 5.75 Å². The Hall–Kier alpha value is -3.07. The zero-order valence-electron chi connectivity index (χ0n) is 17.6. The van der Waals surface area contributed by atoms with Crippen molar-refractivity contribution in [2.75, 3.05) is 0 Å². The van der Waals surface area contributed by atoms with Gasteiger partial charge >= 0.3 is 0 Å². The standard InChI is InChI=1S/C26H29NO2/c1-5-23(29-24-13-9-10-19(3)20(24)4)26(28)27-25(21-11-7-6-8-12-21)22-16-14-18(2)15-17-22/h6-17,23,25H,5H2,1-4H3,(H,27,28)/t23-,25+/m1/s1. The lowest BCUT2D eigenvalue weighted by molar-refractivity contribution is -0.128. The molecule has 3 nitrogen and oxygen atoms in total. The molecular formula is C26H29NO2. The van der Waals surface area contributed by atoms with Crippen LogP contribution in [0.5, 0.6) is 5.75 Å². The van der Waals surface area contributed by atoms with E-state index in [2.05, 4.69) is 36.5 Å². The monoisotopic (exact) mass is 387 g/mol. The minimum Gasteiger partial charge on any atom is -0.480 e. The molecule has 0 saturated carbocycles. The highest BCUT2D eigenvalue weighted by Gasteiger charge is 2.24. The Balaban J connectivity index is 1.84. The summed E-state index contributed by atoms with van der Waals surface area (Å²) in [5.74, 6) is 0.654. The van der Waals surface area contributed by atoms with E-state index in [0.717, 1.165) is 28.0 Å². The predicted octanol–water partition coefficient (Wildman–Crippen LogP) is 5.68. The van der Waals surface area contributed by atoms with Crippen molar-refractivity contribution in [3.63, 3.8) is 0 Å². The molecule has 0 fully saturated rings. The Bertz CT molecular complexity index is 948. The molecule has 150 valence electrons. The summed E-state index contributed by atoms with van der Waals surface area (Å²) in [5, 5.41) is 3.21. The lowest BCUT2D eigenvalue weighted by Gasteiger charge is -2.24. The Morgan fingerprint density at radius 1 is 0.862 bits per heavy atom. The topological polar surface area (TPSA) is 38.3 Å². The third kappa shape index (κ3) is 5.05. The molecule has 3 rings (SSSR count). The zero-order chi connectivity index (χ0) is 20.8. The first-order chi connectivity index (χ1) is 14.0. The van der Waals surface area contributed by atoms with Crippen LogP contribution in [-0.4, -0.2) is 12.0 Å². The molecule has 0 unspecified atom stereocenters. The summed E-state index contributed by atoms with van der Waals surface area (Å²) in [6, 6.07) is 24.0. The summed E-state index contributed by atoms with van der Waals surface area (Å²) in [7, 11) is 0. The van der Waals surface area contributed by atoms with E-state index in [1.54, 1.807) is 0 Å². The normalized spacial score (nSPS) is 12.8. The average molecular weight is 388 g/mol. The molecule has 2 atom stereocenters. The van der Waals surface area contributed by atoms with E-state index in [0.29, 0.717) is 6.42 Å². The number of hydrogen-bond donors (Lipinski definition) is 1. The molecule has 0 saturated heterocycles. The van der Waals surface area contributed by atoms with E-state index in [-0.39, 0.29) is 11.9 Å². The molecular weight excluding hydrogens is 358 g/mol. The van der Waals surface area contributed by atoms with Gasteiger partial charge in [0.15, 0.2) is 6.10 Å². The fourth-order valence-corrected chi connectivity index (χ4v) is 3.33. The average Bonchev–Trinajstić information content (AvgIpc) is 2.74. The van der Waals surface area contributed by atoms with E-state index >= 15 is 0 Å². The van der Waals surface area contributed by atoms with E-state index in [9.17, 15) is 4.79 Å². The SMILES string of the molecule is CC[C@@H](Oc1cccc(C)c1C)C(=O)N[C@@H](c1ccccc1)c1ccc(C)cc1. The predicted molar refractivity (Wildman–Crippen MR) is 118 cm³/mol. The number of carbonyl (C=O) groups is 1. The highest BCUT2D eigenvalue weighted by molar-refractivity contribution is 5.82. The van der Waals surface area contributed by atoms with Gasteiger partial charge in [-0.25, -0.2) is 0 Å². The molecule has 0 radical (unpaired) electrons. The van der Waals surface area contributed by atoms with Gasteiger partial charge in [0.05, 0.1) is 6.04 Å². The van der Waals surface area contributed by atoms with E-state index in [1.165, 1.54) is 5.56 Å². The van der Waals surface area contributed by atoms with Crippen LogP contribution in [0.4, 0.5) is 0 Å². The van der Waals surface area contributed by atoms with Gasteiger partial charge in [-0.05, 0) is 55.5 Å². The number of amides is 1. The summed E-state index contributed by atoms with van der Waals surface area (Å²) >= 11 is 0. The van der Waals surface area contributed by atoms with Crippen LogP contribution in [0.1, 0.15) is 47.2 Å². The molecule has 0 aliphatic carbocycles. The molecule has 0 heterocycles. The maximum atomic E-state index is 13.2. The summed E-state index contributed by atoms with van der Waals surface area (Å²) in [6.07, 6.45) is 0.0430. The van der Waals surface area contributed by atoms with Crippen molar-refractivity contribution >= 4 is 5.91 Å². The van der Waals surface area contributed by atoms with Crippen LogP contribution in [0.3, 0.4) is 0 Å². The van der Waals surface area contributed by atoms with Crippen molar-refractivity contribution in [3.8, 4) is 5.75 Å². The van der Waals surface area contributed by atoms with Crippen LogP contribution in [0.2, 0.25) is 0 Å². The molecule has 0 aromatic heterocycles. The lowest BCUT2D eigenvalue weighted by atomic mass is 9.97. The van der Waals surface area contributed by atoms with E-state index in [4.69, 9.17) is 4.74 Å². The van der Waals surface area contributed by atoms with Gasteiger partial charge in [-0.2, -0.15) is 0 Å². The maximum Gasteiger partial charge on any atom is 0.261 e. The van der Waals surface area contributed by atoms with Gasteiger partial charge < -0.3 is 10.1 Å². The van der Waals surface area contributed by atoms with Crippen molar-refractivity contribution in [1.82, 2.24) is 5.32 Å². The van der Waals surface area contributed by atoms with Crippen LogP contribution in [0.15, 0.2) is 72.8 Å². The molecule has 0 spiro atoms. The van der Waals surface area contributed by atoms with Crippen LogP contribution in [0, 0.1) is 20.8 Å². The quantitative estimate of drug-likeness (QED) is 0.567. The Morgan fingerprint density at radius 3 is 2.17 bits per heavy atom. The smallest absolute Gasteiger partial charge is 0.261 e. The fourth-order valence-electron chi connectivity index (χ4n) is 3.33.